The van der Waals surface area contributed by atoms with Gasteiger partial charge in [0.05, 0.1) is 6.54 Å². The number of carbonyl (C=O) groups is 1. The van der Waals surface area contributed by atoms with Crippen LogP contribution < -0.4 is 4.90 Å². The SMILES string of the molecule is CCCC.Cc1ccc(N2Cc3ccccc3C2=O)cc1. The first-order chi connectivity index (χ1) is 10.2. The zero-order valence-electron chi connectivity index (χ0n) is 13.1. The zero-order chi connectivity index (χ0) is 15.2. The molecule has 0 saturated carbocycles. The Kier molecular flexibility index (Phi) is 5.15. The lowest BCUT2D eigenvalue weighted by Crippen LogP contribution is -2.22. The topological polar surface area (TPSA) is 20.3 Å². The van der Waals surface area contributed by atoms with Gasteiger partial charge in [-0.1, -0.05) is 62.6 Å². The molecule has 0 aliphatic carbocycles. The average molecular weight is 281 g/mol. The van der Waals surface area contributed by atoms with Crippen molar-refractivity contribution in [2.75, 3.05) is 4.90 Å². The molecule has 0 atom stereocenters. The van der Waals surface area contributed by atoms with E-state index in [1.807, 2.05) is 60.4 Å². The van der Waals surface area contributed by atoms with Crippen molar-refractivity contribution in [3.05, 3.63) is 65.2 Å². The highest BCUT2D eigenvalue weighted by Gasteiger charge is 2.27. The van der Waals surface area contributed by atoms with Crippen LogP contribution in [0.25, 0.3) is 0 Å². The molecule has 1 aliphatic heterocycles. The summed E-state index contributed by atoms with van der Waals surface area (Å²) in [4.78, 5) is 14.0. The van der Waals surface area contributed by atoms with Crippen molar-refractivity contribution >= 4 is 11.6 Å². The van der Waals surface area contributed by atoms with Gasteiger partial charge in [-0.2, -0.15) is 0 Å². The molecule has 0 saturated heterocycles. The number of nitrogens with zero attached hydrogens (tertiary/aromatic N) is 1. The minimum Gasteiger partial charge on any atom is -0.304 e. The Hall–Kier alpha value is -2.09. The smallest absolute Gasteiger partial charge is 0.258 e. The molecule has 21 heavy (non-hydrogen) atoms. The van der Waals surface area contributed by atoms with E-state index in [4.69, 9.17) is 0 Å². The second-order valence-electron chi connectivity index (χ2n) is 5.38. The van der Waals surface area contributed by atoms with Crippen LogP contribution in [0, 0.1) is 6.92 Å². The van der Waals surface area contributed by atoms with Crippen molar-refractivity contribution in [2.24, 2.45) is 0 Å². The minimum atomic E-state index is 0.101. The van der Waals surface area contributed by atoms with Crippen molar-refractivity contribution in [2.45, 2.75) is 40.2 Å². The maximum atomic E-state index is 12.2. The van der Waals surface area contributed by atoms with Crippen LogP contribution in [-0.4, -0.2) is 5.91 Å². The highest BCUT2D eigenvalue weighted by molar-refractivity contribution is 6.09. The van der Waals surface area contributed by atoms with Gasteiger partial charge in [0, 0.05) is 11.3 Å². The molecule has 0 radical (unpaired) electrons. The first kappa shape index (κ1) is 15.3. The second kappa shape index (κ2) is 7.07. The fourth-order valence-electron chi connectivity index (χ4n) is 2.19. The summed E-state index contributed by atoms with van der Waals surface area (Å²) in [6.07, 6.45) is 2.64. The Labute approximate surface area is 127 Å². The Bertz CT molecular complexity index is 599. The largest absolute Gasteiger partial charge is 0.304 e. The van der Waals surface area contributed by atoms with E-state index in [9.17, 15) is 4.79 Å². The van der Waals surface area contributed by atoms with Crippen molar-refractivity contribution in [1.82, 2.24) is 0 Å². The van der Waals surface area contributed by atoms with E-state index in [1.165, 1.54) is 18.4 Å². The molecule has 110 valence electrons. The molecule has 2 nitrogen and oxygen atoms in total. The number of rotatable bonds is 2. The number of hydrogen-bond acceptors (Lipinski definition) is 1. The van der Waals surface area contributed by atoms with Gasteiger partial charge < -0.3 is 4.90 Å². The summed E-state index contributed by atoms with van der Waals surface area (Å²) in [5, 5.41) is 0. The summed E-state index contributed by atoms with van der Waals surface area (Å²) >= 11 is 0. The van der Waals surface area contributed by atoms with Crippen LogP contribution in [0.4, 0.5) is 5.69 Å². The molecular formula is C19H23NO. The standard InChI is InChI=1S/C15H13NO.C4H10/c1-11-6-8-13(9-7-11)16-10-12-4-2-3-5-14(12)15(16)17;1-3-4-2/h2-9H,10H2,1H3;3-4H2,1-2H3. The Morgan fingerprint density at radius 1 is 0.952 bits per heavy atom. The Balaban J connectivity index is 0.000000361. The molecule has 3 rings (SSSR count). The highest BCUT2D eigenvalue weighted by Crippen LogP contribution is 2.27. The molecule has 0 spiro atoms. The van der Waals surface area contributed by atoms with Gasteiger partial charge in [0.2, 0.25) is 0 Å². The zero-order valence-corrected chi connectivity index (χ0v) is 13.1. The van der Waals surface area contributed by atoms with Gasteiger partial charge in [-0.15, -0.1) is 0 Å². The van der Waals surface area contributed by atoms with Crippen molar-refractivity contribution in [3.63, 3.8) is 0 Å². The quantitative estimate of drug-likeness (QED) is 0.761. The van der Waals surface area contributed by atoms with Crippen LogP contribution in [0.5, 0.6) is 0 Å². The van der Waals surface area contributed by atoms with E-state index in [2.05, 4.69) is 13.8 Å². The predicted octanol–water partition coefficient (Wildman–Crippen LogP) is 4.96. The third-order valence-electron chi connectivity index (χ3n) is 3.67. The molecule has 2 aromatic carbocycles. The number of anilines is 1. The third-order valence-corrected chi connectivity index (χ3v) is 3.67. The van der Waals surface area contributed by atoms with Gasteiger partial charge in [0.15, 0.2) is 0 Å². The first-order valence-electron chi connectivity index (χ1n) is 7.63. The van der Waals surface area contributed by atoms with Crippen LogP contribution >= 0.6 is 0 Å². The van der Waals surface area contributed by atoms with Gasteiger partial charge in [0.25, 0.3) is 5.91 Å². The van der Waals surface area contributed by atoms with E-state index in [-0.39, 0.29) is 5.91 Å². The number of unbranched alkanes of at least 4 members (excludes halogenated alkanes) is 1. The maximum absolute atomic E-state index is 12.2. The van der Waals surface area contributed by atoms with Gasteiger partial charge in [-0.25, -0.2) is 0 Å². The molecular weight excluding hydrogens is 258 g/mol. The molecule has 2 heteroatoms. The Morgan fingerprint density at radius 2 is 1.57 bits per heavy atom. The number of carbonyl (C=O) groups excluding carboxylic acids is 1. The van der Waals surface area contributed by atoms with Crippen LogP contribution in [0.2, 0.25) is 0 Å². The van der Waals surface area contributed by atoms with E-state index >= 15 is 0 Å². The normalized spacial score (nSPS) is 12.7. The summed E-state index contributed by atoms with van der Waals surface area (Å²) in [5.74, 6) is 0.101. The molecule has 0 aromatic heterocycles. The fraction of sp³-hybridized carbons (Fsp3) is 0.316. The van der Waals surface area contributed by atoms with Crippen LogP contribution in [-0.2, 0) is 6.54 Å². The summed E-state index contributed by atoms with van der Waals surface area (Å²) in [5.41, 5.74) is 4.11. The van der Waals surface area contributed by atoms with E-state index in [1.54, 1.807) is 0 Å². The van der Waals surface area contributed by atoms with Gasteiger partial charge >= 0.3 is 0 Å². The number of amides is 1. The monoisotopic (exact) mass is 281 g/mol. The number of hydrogen-bond donors (Lipinski definition) is 0. The number of benzene rings is 2. The lowest BCUT2D eigenvalue weighted by molar-refractivity contribution is 0.0996. The number of aryl methyl sites for hydroxylation is 1. The third kappa shape index (κ3) is 3.52. The average Bonchev–Trinajstić information content (AvgIpc) is 2.86. The molecule has 0 bridgehead atoms. The van der Waals surface area contributed by atoms with Crippen LogP contribution in [0.3, 0.4) is 0 Å². The Morgan fingerprint density at radius 3 is 2.14 bits per heavy atom. The molecule has 1 amide bonds. The first-order valence-corrected chi connectivity index (χ1v) is 7.63. The number of fused-ring (bicyclic) bond motifs is 1. The van der Waals surface area contributed by atoms with Gasteiger partial charge in [-0.3, -0.25) is 4.79 Å². The minimum absolute atomic E-state index is 0.101. The summed E-state index contributed by atoms with van der Waals surface area (Å²) < 4.78 is 0. The molecule has 2 aromatic rings. The lowest BCUT2D eigenvalue weighted by atomic mass is 10.1. The molecule has 0 N–H and O–H groups in total. The summed E-state index contributed by atoms with van der Waals surface area (Å²) in [6.45, 7) is 7.09. The van der Waals surface area contributed by atoms with Crippen molar-refractivity contribution in [3.8, 4) is 0 Å². The summed E-state index contributed by atoms with van der Waals surface area (Å²) in [7, 11) is 0. The molecule has 0 fully saturated rings. The van der Waals surface area contributed by atoms with E-state index in [0.29, 0.717) is 6.54 Å². The highest BCUT2D eigenvalue weighted by atomic mass is 16.2. The van der Waals surface area contributed by atoms with Crippen molar-refractivity contribution in [1.29, 1.82) is 0 Å². The maximum Gasteiger partial charge on any atom is 0.258 e. The predicted molar refractivity (Wildman–Crippen MR) is 88.7 cm³/mol. The van der Waals surface area contributed by atoms with Crippen LogP contribution in [0.15, 0.2) is 48.5 Å². The van der Waals surface area contributed by atoms with E-state index in [0.717, 1.165) is 16.8 Å². The van der Waals surface area contributed by atoms with Gasteiger partial charge in [-0.05, 0) is 30.7 Å². The molecule has 0 unspecified atom stereocenters. The van der Waals surface area contributed by atoms with E-state index < -0.39 is 0 Å². The van der Waals surface area contributed by atoms with Crippen molar-refractivity contribution < 1.29 is 4.79 Å². The summed E-state index contributed by atoms with van der Waals surface area (Å²) in [6, 6.07) is 15.9. The second-order valence-corrected chi connectivity index (χ2v) is 5.38. The molecule has 1 heterocycles. The van der Waals surface area contributed by atoms with Gasteiger partial charge in [0.1, 0.15) is 0 Å². The lowest BCUT2D eigenvalue weighted by Gasteiger charge is -2.15. The molecule has 1 aliphatic rings. The van der Waals surface area contributed by atoms with Crippen LogP contribution in [0.1, 0.15) is 48.2 Å². The fourth-order valence-corrected chi connectivity index (χ4v) is 2.19.